The highest BCUT2D eigenvalue weighted by Crippen LogP contribution is 2.47. The number of para-hydroxylation sites is 2. The number of anilines is 1. The van der Waals surface area contributed by atoms with E-state index in [0.29, 0.717) is 31.0 Å². The minimum atomic E-state index is -0.538. The van der Waals surface area contributed by atoms with Crippen molar-refractivity contribution < 1.29 is 4.79 Å². The maximum absolute atomic E-state index is 14.3. The van der Waals surface area contributed by atoms with Gasteiger partial charge in [0.15, 0.2) is 11.6 Å². The lowest BCUT2D eigenvalue weighted by Crippen LogP contribution is -2.73. The normalized spacial score (nSPS) is 34.0. The van der Waals surface area contributed by atoms with E-state index in [1.807, 2.05) is 42.1 Å². The zero-order valence-corrected chi connectivity index (χ0v) is 24.7. The Bertz CT molecular complexity index is 1300. The molecule has 2 aliphatic carbocycles. The van der Waals surface area contributed by atoms with Crippen molar-refractivity contribution in [1.29, 1.82) is 0 Å². The van der Waals surface area contributed by atoms with E-state index in [9.17, 15) is 9.59 Å². The fourth-order valence-corrected chi connectivity index (χ4v) is 9.57. The van der Waals surface area contributed by atoms with Gasteiger partial charge in [0.2, 0.25) is 0 Å². The summed E-state index contributed by atoms with van der Waals surface area (Å²) < 4.78 is 2.12. The molecule has 2 aromatic rings. The first-order chi connectivity index (χ1) is 19.3. The molecular formula is C33H47N5O2. The van der Waals surface area contributed by atoms with Gasteiger partial charge in [-0.1, -0.05) is 44.2 Å². The molecule has 5 aliphatic rings. The van der Waals surface area contributed by atoms with E-state index < -0.39 is 5.54 Å². The number of rotatable bonds is 5. The smallest absolute Gasteiger partial charge is 0.294 e. The van der Waals surface area contributed by atoms with Gasteiger partial charge in [-0.25, -0.2) is 4.98 Å². The number of piperidine rings is 2. The van der Waals surface area contributed by atoms with Gasteiger partial charge in [-0.05, 0) is 89.9 Å². The highest BCUT2D eigenvalue weighted by atomic mass is 16.1. The second-order valence-corrected chi connectivity index (χ2v) is 14.1. The fraction of sp³-hybridized carbons (Fsp3) is 0.727. The topological polar surface area (TPSA) is 61.7 Å². The van der Waals surface area contributed by atoms with Crippen LogP contribution in [-0.2, 0) is 4.79 Å². The van der Waals surface area contributed by atoms with E-state index >= 15 is 0 Å². The number of aromatic nitrogens is 2. The van der Waals surface area contributed by atoms with Gasteiger partial charge < -0.3 is 9.47 Å². The summed E-state index contributed by atoms with van der Waals surface area (Å²) in [6.07, 6.45) is 16.0. The van der Waals surface area contributed by atoms with Gasteiger partial charge in [-0.2, -0.15) is 0 Å². The first kappa shape index (κ1) is 26.6. The van der Waals surface area contributed by atoms with Gasteiger partial charge >= 0.3 is 0 Å². The van der Waals surface area contributed by atoms with Crippen LogP contribution in [0.3, 0.4) is 0 Å². The molecule has 1 aromatic heterocycles. The molecule has 0 radical (unpaired) electrons. The first-order valence-electron chi connectivity index (χ1n) is 16.1. The van der Waals surface area contributed by atoms with Gasteiger partial charge in [0.1, 0.15) is 5.54 Å². The molecule has 1 aromatic carbocycles. The molecule has 2 saturated carbocycles. The lowest BCUT2D eigenvalue weighted by atomic mass is 9.73. The Labute approximate surface area is 238 Å². The average Bonchev–Trinajstić information content (AvgIpc) is 3.06. The van der Waals surface area contributed by atoms with Crippen LogP contribution in [-0.4, -0.2) is 76.0 Å². The minimum Gasteiger partial charge on any atom is -0.347 e. The minimum absolute atomic E-state index is 0.0230. The summed E-state index contributed by atoms with van der Waals surface area (Å²) in [5.74, 6) is 2.53. The third-order valence-electron chi connectivity index (χ3n) is 11.6. The highest BCUT2D eigenvalue weighted by Gasteiger charge is 2.51. The molecule has 4 bridgehead atoms. The van der Waals surface area contributed by atoms with E-state index in [1.165, 1.54) is 64.2 Å². The highest BCUT2D eigenvalue weighted by molar-refractivity contribution is 5.90. The van der Waals surface area contributed by atoms with E-state index in [4.69, 9.17) is 4.98 Å². The fourth-order valence-electron chi connectivity index (χ4n) is 9.57. The van der Waals surface area contributed by atoms with Gasteiger partial charge in [0.25, 0.3) is 5.56 Å². The van der Waals surface area contributed by atoms with Gasteiger partial charge in [0, 0.05) is 37.3 Å². The van der Waals surface area contributed by atoms with Gasteiger partial charge in [-0.15, -0.1) is 0 Å². The largest absolute Gasteiger partial charge is 0.347 e. The monoisotopic (exact) mass is 545 g/mol. The Morgan fingerprint density at radius 1 is 0.850 bits per heavy atom. The Hall–Kier alpha value is -2.25. The zero-order valence-electron chi connectivity index (χ0n) is 24.7. The number of Topliss-reactive ketones (excluding diaryl/α,β-unsaturated/α-hetero) is 1. The molecule has 3 saturated heterocycles. The second kappa shape index (κ2) is 10.2. The average molecular weight is 546 g/mol. The van der Waals surface area contributed by atoms with Gasteiger partial charge in [0.05, 0.1) is 11.0 Å². The molecule has 4 heterocycles. The second-order valence-electron chi connectivity index (χ2n) is 14.1. The molecule has 216 valence electrons. The molecule has 5 fully saturated rings. The predicted octanol–water partition coefficient (Wildman–Crippen LogP) is 5.02. The Morgan fingerprint density at radius 2 is 1.50 bits per heavy atom. The third kappa shape index (κ3) is 4.34. The van der Waals surface area contributed by atoms with Gasteiger partial charge in [-0.3, -0.25) is 19.4 Å². The summed E-state index contributed by atoms with van der Waals surface area (Å²) in [6.45, 7) is 2.70. The predicted molar refractivity (Wildman–Crippen MR) is 160 cm³/mol. The number of carbonyl (C=O) groups is 1. The molecule has 7 heteroatoms. The maximum atomic E-state index is 14.3. The number of carbonyl (C=O) groups excluding carboxylic acids is 1. The van der Waals surface area contributed by atoms with E-state index in [-0.39, 0.29) is 17.4 Å². The van der Waals surface area contributed by atoms with Crippen LogP contribution in [0.2, 0.25) is 0 Å². The summed E-state index contributed by atoms with van der Waals surface area (Å²) in [4.78, 5) is 38.8. The van der Waals surface area contributed by atoms with Crippen molar-refractivity contribution in [3.05, 3.63) is 34.6 Å². The molecule has 6 atom stereocenters. The molecular weight excluding hydrogens is 498 g/mol. The summed E-state index contributed by atoms with van der Waals surface area (Å²) in [6, 6.07) is 10.3. The molecule has 3 aliphatic heterocycles. The van der Waals surface area contributed by atoms with Crippen molar-refractivity contribution in [2.45, 2.75) is 114 Å². The number of hydrogen-bond acceptors (Lipinski definition) is 6. The van der Waals surface area contributed by atoms with Crippen molar-refractivity contribution in [2.75, 3.05) is 32.1 Å². The quantitative estimate of drug-likeness (QED) is 0.526. The molecule has 7 nitrogen and oxygen atoms in total. The Kier molecular flexibility index (Phi) is 6.81. The number of ketones is 1. The summed E-state index contributed by atoms with van der Waals surface area (Å²) in [7, 11) is 3.91. The third-order valence-corrected chi connectivity index (χ3v) is 11.6. The molecule has 40 heavy (non-hydrogen) atoms. The number of likely N-dealkylation sites (N-methyl/N-ethyl adjacent to an activating group) is 1. The number of benzene rings is 1. The molecule has 0 spiro atoms. The molecule has 7 rings (SSSR count). The SMILES string of the molecule is CC(=O)C1(N(C)C)CN(c2nc3ccccc3n(C3C[C@H]4CCC[C@@H](C3)N4C3C[C@H]4CCCC[C@@H](C3)C4)c2=O)C1. The van der Waals surface area contributed by atoms with Crippen molar-refractivity contribution in [2.24, 2.45) is 11.8 Å². The van der Waals surface area contributed by atoms with Crippen LogP contribution < -0.4 is 10.5 Å². The Balaban J connectivity index is 1.20. The van der Waals surface area contributed by atoms with Crippen LogP contribution in [0.1, 0.15) is 90.0 Å². The van der Waals surface area contributed by atoms with Crippen LogP contribution in [0.5, 0.6) is 0 Å². The lowest BCUT2D eigenvalue weighted by Gasteiger charge is -2.55. The summed E-state index contributed by atoms with van der Waals surface area (Å²) in [5, 5.41) is 0. The van der Waals surface area contributed by atoms with Crippen molar-refractivity contribution in [3.63, 3.8) is 0 Å². The molecule has 0 N–H and O–H groups in total. The molecule has 2 unspecified atom stereocenters. The maximum Gasteiger partial charge on any atom is 0.294 e. The van der Waals surface area contributed by atoms with E-state index in [1.54, 1.807) is 6.92 Å². The number of nitrogens with zero attached hydrogens (tertiary/aromatic N) is 5. The standard InChI is InChI=1S/C33H47N5O2/c1-22(39)33(35(2)3)20-36(21-33)31-32(40)38(30-14-7-6-13-29(30)34-31)28-18-25-11-8-12-26(19-28)37(25)27-16-23-9-4-5-10-24(15-23)17-27/h6-7,13-14,23-28H,4-5,8-12,15-21H2,1-3H3/t23-,24+,25-,26+,27?,28?. The zero-order chi connectivity index (χ0) is 27.6. The lowest BCUT2D eigenvalue weighted by molar-refractivity contribution is -0.129. The Morgan fingerprint density at radius 3 is 2.12 bits per heavy atom. The number of hydrogen-bond donors (Lipinski definition) is 0. The summed E-state index contributed by atoms with van der Waals surface area (Å²) >= 11 is 0. The van der Waals surface area contributed by atoms with Crippen LogP contribution in [0, 0.1) is 11.8 Å². The van der Waals surface area contributed by atoms with Crippen LogP contribution in [0.4, 0.5) is 5.82 Å². The van der Waals surface area contributed by atoms with Crippen LogP contribution in [0.25, 0.3) is 11.0 Å². The van der Waals surface area contributed by atoms with Crippen molar-refractivity contribution >= 4 is 22.6 Å². The summed E-state index contributed by atoms with van der Waals surface area (Å²) in [5.41, 5.74) is 1.33. The van der Waals surface area contributed by atoms with Crippen LogP contribution >= 0.6 is 0 Å². The van der Waals surface area contributed by atoms with E-state index in [0.717, 1.165) is 41.8 Å². The van der Waals surface area contributed by atoms with Crippen molar-refractivity contribution in [1.82, 2.24) is 19.4 Å². The van der Waals surface area contributed by atoms with Crippen LogP contribution in [0.15, 0.2) is 29.1 Å². The number of fused-ring (bicyclic) bond motifs is 5. The van der Waals surface area contributed by atoms with Crippen molar-refractivity contribution in [3.8, 4) is 0 Å². The van der Waals surface area contributed by atoms with E-state index in [2.05, 4.69) is 15.5 Å². The first-order valence-corrected chi connectivity index (χ1v) is 16.1. The molecule has 0 amide bonds.